The lowest BCUT2D eigenvalue weighted by atomic mass is 10.1. The zero-order valence-electron chi connectivity index (χ0n) is 11.0. The molecule has 0 aliphatic carbocycles. The molecule has 4 heteroatoms. The third-order valence-electron chi connectivity index (χ3n) is 2.95. The van der Waals surface area contributed by atoms with Crippen LogP contribution in [-0.4, -0.2) is 41.4 Å². The van der Waals surface area contributed by atoms with Crippen molar-refractivity contribution in [1.82, 2.24) is 4.90 Å². The van der Waals surface area contributed by atoms with Crippen LogP contribution in [0.5, 0.6) is 0 Å². The average Bonchev–Trinajstić information content (AvgIpc) is 2.33. The highest BCUT2D eigenvalue weighted by Crippen LogP contribution is 2.20. The number of rotatable bonds is 7. The molecule has 0 spiro atoms. The number of nitrogens with zero attached hydrogens (tertiary/aromatic N) is 1. The summed E-state index contributed by atoms with van der Waals surface area (Å²) in [6, 6.07) is 7.32. The molecule has 1 aromatic rings. The van der Waals surface area contributed by atoms with Crippen LogP contribution < -0.4 is 0 Å². The van der Waals surface area contributed by atoms with Crippen molar-refractivity contribution in [3.63, 3.8) is 0 Å². The van der Waals surface area contributed by atoms with Gasteiger partial charge in [-0.25, -0.2) is 0 Å². The Balaban J connectivity index is 2.34. The monoisotopic (exact) mass is 271 g/mol. The Hall–Kier alpha value is -0.610. The van der Waals surface area contributed by atoms with E-state index in [0.29, 0.717) is 11.4 Å². The van der Waals surface area contributed by atoms with E-state index in [-0.39, 0.29) is 6.10 Å². The van der Waals surface area contributed by atoms with Gasteiger partial charge in [-0.2, -0.15) is 0 Å². The third-order valence-corrected chi connectivity index (χ3v) is 3.18. The summed E-state index contributed by atoms with van der Waals surface area (Å²) < 4.78 is 0. The predicted molar refractivity (Wildman–Crippen MR) is 74.8 cm³/mol. The Bertz CT molecular complexity index is 357. The van der Waals surface area contributed by atoms with Crippen LogP contribution in [0.2, 0.25) is 5.02 Å². The molecule has 1 aromatic carbocycles. The number of hydrogen-bond acceptors (Lipinski definition) is 3. The molecule has 0 bridgehead atoms. The van der Waals surface area contributed by atoms with Gasteiger partial charge >= 0.3 is 0 Å². The van der Waals surface area contributed by atoms with Gasteiger partial charge in [0.05, 0.1) is 12.2 Å². The second-order valence-corrected chi connectivity index (χ2v) is 5.24. The van der Waals surface area contributed by atoms with Crippen LogP contribution in [0.25, 0.3) is 0 Å². The van der Waals surface area contributed by atoms with Gasteiger partial charge in [-0.05, 0) is 44.5 Å². The summed E-state index contributed by atoms with van der Waals surface area (Å²) in [6.07, 6.45) is 0.656. The Morgan fingerprint density at radius 1 is 1.22 bits per heavy atom. The first-order valence-electron chi connectivity index (χ1n) is 6.29. The van der Waals surface area contributed by atoms with E-state index >= 15 is 0 Å². The highest BCUT2D eigenvalue weighted by molar-refractivity contribution is 6.30. The second kappa shape index (κ2) is 7.74. The van der Waals surface area contributed by atoms with E-state index in [1.807, 2.05) is 19.2 Å². The molecule has 0 heterocycles. The minimum atomic E-state index is -0.488. The lowest BCUT2D eigenvalue weighted by molar-refractivity contribution is 0.136. The van der Waals surface area contributed by atoms with E-state index in [1.165, 1.54) is 0 Å². The molecule has 0 aromatic heterocycles. The molecule has 0 saturated heterocycles. The first kappa shape index (κ1) is 15.4. The van der Waals surface area contributed by atoms with Crippen LogP contribution in [0.1, 0.15) is 31.4 Å². The van der Waals surface area contributed by atoms with E-state index < -0.39 is 6.10 Å². The molecule has 0 saturated carbocycles. The van der Waals surface area contributed by atoms with Crippen molar-refractivity contribution in [2.45, 2.75) is 32.0 Å². The average molecular weight is 272 g/mol. The topological polar surface area (TPSA) is 43.7 Å². The summed E-state index contributed by atoms with van der Waals surface area (Å²) in [5.74, 6) is 0. The standard InChI is InChI=1S/C14H22ClNO2/c1-11(17)6-8-16(2)9-7-14(18)12-4-3-5-13(15)10-12/h3-5,10-11,14,17-18H,6-9H2,1-2H3. The molecule has 2 atom stereocenters. The maximum absolute atomic E-state index is 10.0. The highest BCUT2D eigenvalue weighted by atomic mass is 35.5. The zero-order chi connectivity index (χ0) is 13.5. The van der Waals surface area contributed by atoms with Gasteiger partial charge in [-0.15, -0.1) is 0 Å². The minimum absolute atomic E-state index is 0.273. The molecule has 1 rings (SSSR count). The number of hydrogen-bond donors (Lipinski definition) is 2. The largest absolute Gasteiger partial charge is 0.393 e. The molecule has 0 fully saturated rings. The quantitative estimate of drug-likeness (QED) is 0.801. The van der Waals surface area contributed by atoms with Crippen molar-refractivity contribution in [2.24, 2.45) is 0 Å². The fraction of sp³-hybridized carbons (Fsp3) is 0.571. The lowest BCUT2D eigenvalue weighted by Gasteiger charge is -2.19. The van der Waals surface area contributed by atoms with Gasteiger partial charge in [-0.3, -0.25) is 0 Å². The first-order chi connectivity index (χ1) is 8.49. The van der Waals surface area contributed by atoms with Crippen LogP contribution in [-0.2, 0) is 0 Å². The van der Waals surface area contributed by atoms with Gasteiger partial charge < -0.3 is 15.1 Å². The number of aliphatic hydroxyl groups is 2. The predicted octanol–water partition coefficient (Wildman–Crippen LogP) is 2.47. The van der Waals surface area contributed by atoms with E-state index in [4.69, 9.17) is 11.6 Å². The van der Waals surface area contributed by atoms with Crippen molar-refractivity contribution < 1.29 is 10.2 Å². The molecule has 0 aliphatic heterocycles. The summed E-state index contributed by atoms with van der Waals surface area (Å²) in [5.41, 5.74) is 0.853. The van der Waals surface area contributed by atoms with Crippen LogP contribution in [0, 0.1) is 0 Å². The van der Waals surface area contributed by atoms with Crippen LogP contribution in [0.3, 0.4) is 0 Å². The summed E-state index contributed by atoms with van der Waals surface area (Å²) >= 11 is 5.89. The number of benzene rings is 1. The van der Waals surface area contributed by atoms with E-state index in [9.17, 15) is 10.2 Å². The van der Waals surface area contributed by atoms with Crippen molar-refractivity contribution in [3.8, 4) is 0 Å². The van der Waals surface area contributed by atoms with Gasteiger partial charge in [0, 0.05) is 18.1 Å². The summed E-state index contributed by atoms with van der Waals surface area (Å²) in [4.78, 5) is 2.11. The van der Waals surface area contributed by atoms with Crippen molar-refractivity contribution >= 4 is 11.6 Å². The molecule has 2 N–H and O–H groups in total. The molecule has 0 amide bonds. The zero-order valence-corrected chi connectivity index (χ0v) is 11.8. The Morgan fingerprint density at radius 3 is 2.50 bits per heavy atom. The molecular formula is C14H22ClNO2. The first-order valence-corrected chi connectivity index (χ1v) is 6.67. The molecule has 18 heavy (non-hydrogen) atoms. The van der Waals surface area contributed by atoms with E-state index in [1.54, 1.807) is 19.1 Å². The van der Waals surface area contributed by atoms with Gasteiger partial charge in [0.25, 0.3) is 0 Å². The minimum Gasteiger partial charge on any atom is -0.393 e. The number of aliphatic hydroxyl groups excluding tert-OH is 2. The smallest absolute Gasteiger partial charge is 0.0802 e. The van der Waals surface area contributed by atoms with Crippen molar-refractivity contribution in [2.75, 3.05) is 20.1 Å². The van der Waals surface area contributed by atoms with Crippen molar-refractivity contribution in [3.05, 3.63) is 34.9 Å². The van der Waals surface area contributed by atoms with Gasteiger partial charge in [0.2, 0.25) is 0 Å². The maximum atomic E-state index is 10.0. The van der Waals surface area contributed by atoms with Gasteiger partial charge in [-0.1, -0.05) is 23.7 Å². The molecular weight excluding hydrogens is 250 g/mol. The fourth-order valence-electron chi connectivity index (χ4n) is 1.74. The van der Waals surface area contributed by atoms with E-state index in [2.05, 4.69) is 4.90 Å². The molecule has 3 nitrogen and oxygen atoms in total. The van der Waals surface area contributed by atoms with Crippen LogP contribution in [0.15, 0.2) is 24.3 Å². The molecule has 0 aliphatic rings. The second-order valence-electron chi connectivity index (χ2n) is 4.80. The molecule has 0 radical (unpaired) electrons. The fourth-order valence-corrected chi connectivity index (χ4v) is 1.94. The Morgan fingerprint density at radius 2 is 1.89 bits per heavy atom. The van der Waals surface area contributed by atoms with Gasteiger partial charge in [0.15, 0.2) is 0 Å². The number of halogens is 1. The van der Waals surface area contributed by atoms with Crippen LogP contribution in [0.4, 0.5) is 0 Å². The summed E-state index contributed by atoms with van der Waals surface area (Å²) in [6.45, 7) is 3.41. The summed E-state index contributed by atoms with van der Waals surface area (Å²) in [7, 11) is 1.99. The van der Waals surface area contributed by atoms with Crippen LogP contribution >= 0.6 is 11.6 Å². The highest BCUT2D eigenvalue weighted by Gasteiger charge is 2.09. The molecule has 2 unspecified atom stereocenters. The Labute approximate surface area is 114 Å². The molecule has 102 valence electrons. The third kappa shape index (κ3) is 5.83. The Kier molecular flexibility index (Phi) is 6.65. The lowest BCUT2D eigenvalue weighted by Crippen LogP contribution is -2.24. The maximum Gasteiger partial charge on any atom is 0.0802 e. The summed E-state index contributed by atoms with van der Waals surface area (Å²) in [5, 5.41) is 19.9. The van der Waals surface area contributed by atoms with Gasteiger partial charge in [0.1, 0.15) is 0 Å². The van der Waals surface area contributed by atoms with Crippen molar-refractivity contribution in [1.29, 1.82) is 0 Å². The SMILES string of the molecule is CC(O)CCN(C)CCC(O)c1cccc(Cl)c1. The van der Waals surface area contributed by atoms with E-state index in [0.717, 1.165) is 25.1 Å². The normalized spacial score (nSPS) is 14.8.